The zero-order valence-electron chi connectivity index (χ0n) is 27.0. The van der Waals surface area contributed by atoms with E-state index in [-0.39, 0.29) is 70.6 Å². The maximum atomic E-state index is 14.2. The molecule has 0 aliphatic heterocycles. The van der Waals surface area contributed by atoms with Gasteiger partial charge in [0.05, 0.1) is 0 Å². The molecule has 6 nitrogen and oxygen atoms in total. The fourth-order valence-electron chi connectivity index (χ4n) is 9.11. The van der Waals surface area contributed by atoms with Gasteiger partial charge in [0.1, 0.15) is 5.78 Å². The lowest BCUT2D eigenvalue weighted by molar-refractivity contribution is -0.166. The summed E-state index contributed by atoms with van der Waals surface area (Å²) in [6, 6.07) is 0. The van der Waals surface area contributed by atoms with Crippen LogP contribution in [0.4, 0.5) is 0 Å². The number of allylic oxidation sites excluding steroid dienone is 4. The first-order valence-electron chi connectivity index (χ1n) is 15.6. The van der Waals surface area contributed by atoms with Crippen molar-refractivity contribution in [2.45, 2.75) is 118 Å². The van der Waals surface area contributed by atoms with Gasteiger partial charge in [0.15, 0.2) is 26.5 Å². The van der Waals surface area contributed by atoms with Gasteiger partial charge in [-0.05, 0) is 85.1 Å². The Balaban J connectivity index is 1.88. The van der Waals surface area contributed by atoms with E-state index in [1.807, 2.05) is 13.0 Å². The van der Waals surface area contributed by atoms with E-state index in [0.29, 0.717) is 19.3 Å². The van der Waals surface area contributed by atoms with E-state index in [2.05, 4.69) is 60.7 Å². The number of carbonyl (C=O) groups is 4. The molecule has 0 saturated heterocycles. The molecule has 4 aliphatic carbocycles. The second-order valence-electron chi connectivity index (χ2n) is 15.5. The quantitative estimate of drug-likeness (QED) is 0.225. The lowest BCUT2D eigenvalue weighted by Crippen LogP contribution is -2.62. The zero-order chi connectivity index (χ0) is 30.8. The highest BCUT2D eigenvalue weighted by molar-refractivity contribution is 6.74. The first-order valence-corrected chi connectivity index (χ1v) is 18.6. The summed E-state index contributed by atoms with van der Waals surface area (Å²) in [6.07, 6.45) is 9.25. The van der Waals surface area contributed by atoms with Gasteiger partial charge in [0.25, 0.3) is 0 Å². The van der Waals surface area contributed by atoms with Crippen LogP contribution in [0.2, 0.25) is 18.1 Å². The van der Waals surface area contributed by atoms with Crippen molar-refractivity contribution in [3.8, 4) is 0 Å². The summed E-state index contributed by atoms with van der Waals surface area (Å²) in [7, 11) is -2.24. The summed E-state index contributed by atoms with van der Waals surface area (Å²) in [4.78, 5) is 51.6. The topological polar surface area (TPSA) is 86.7 Å². The van der Waals surface area contributed by atoms with Gasteiger partial charge >= 0.3 is 5.97 Å². The van der Waals surface area contributed by atoms with Crippen molar-refractivity contribution in [1.29, 1.82) is 0 Å². The van der Waals surface area contributed by atoms with Crippen LogP contribution >= 0.6 is 0 Å². The number of Topliss-reactive ketones (excluding diaryl/α,β-unsaturated/α-hetero) is 2. The molecule has 0 aromatic rings. The van der Waals surface area contributed by atoms with E-state index < -0.39 is 25.1 Å². The predicted molar refractivity (Wildman–Crippen MR) is 163 cm³/mol. The molecule has 7 heteroatoms. The third-order valence-electron chi connectivity index (χ3n) is 12.2. The van der Waals surface area contributed by atoms with Crippen molar-refractivity contribution >= 4 is 31.6 Å². The van der Waals surface area contributed by atoms with Gasteiger partial charge in [-0.15, -0.1) is 0 Å². The Bertz CT molecular complexity index is 1180. The highest BCUT2D eigenvalue weighted by Gasteiger charge is 2.69. The minimum atomic E-state index is -2.24. The standard InChI is InChI=1S/C34H52O6Si/c1-11-23(36)18-34(29(38)20-39-22(3)35)15-13-26-25-16-21(2)27-17-24(37)12-14-32(27,7)30(25)28(19-33(26,34)8)40-41(9,10)31(4,5)6/h12,14,17,21,25-26,28,30H,11,13,15-16,18-20H2,1-10H3/t21-,25-,26-,28-,30+,32-,33-,34-/m0/s1. The van der Waals surface area contributed by atoms with Gasteiger partial charge in [0.2, 0.25) is 0 Å². The molecule has 0 N–H and O–H groups in total. The van der Waals surface area contributed by atoms with Crippen LogP contribution in [0.25, 0.3) is 0 Å². The SMILES string of the molecule is CCC(=O)C[C@]1(C(=O)COC(C)=O)CC[C@H]2[C@@H]3C[C@H](C)C4=CC(=O)C=C[C@]4(C)[C@H]3[C@@H](O[Si](C)(C)C(C)(C)C)C[C@@]21C. The second-order valence-corrected chi connectivity index (χ2v) is 20.2. The summed E-state index contributed by atoms with van der Waals surface area (Å²) in [6.45, 7) is 21.0. The van der Waals surface area contributed by atoms with Crippen LogP contribution < -0.4 is 0 Å². The van der Waals surface area contributed by atoms with E-state index >= 15 is 0 Å². The first-order chi connectivity index (χ1) is 18.8. The first kappa shape index (κ1) is 32.1. The molecule has 0 spiro atoms. The predicted octanol–water partition coefficient (Wildman–Crippen LogP) is 7.03. The lowest BCUT2D eigenvalue weighted by Gasteiger charge is -2.63. The van der Waals surface area contributed by atoms with E-state index in [9.17, 15) is 19.2 Å². The summed E-state index contributed by atoms with van der Waals surface area (Å²) in [5.74, 6) is 0.433. The van der Waals surface area contributed by atoms with Crippen LogP contribution in [0.1, 0.15) is 93.9 Å². The number of ether oxygens (including phenoxy) is 1. The Morgan fingerprint density at radius 2 is 1.80 bits per heavy atom. The summed E-state index contributed by atoms with van der Waals surface area (Å²) < 4.78 is 12.7. The summed E-state index contributed by atoms with van der Waals surface area (Å²) in [5.41, 5.74) is -0.472. The van der Waals surface area contributed by atoms with Crippen molar-refractivity contribution < 1.29 is 28.3 Å². The molecule has 0 unspecified atom stereocenters. The number of carbonyl (C=O) groups excluding carboxylic acids is 4. The molecule has 3 saturated carbocycles. The normalized spacial score (nSPS) is 38.4. The van der Waals surface area contributed by atoms with Crippen molar-refractivity contribution in [2.24, 2.45) is 39.9 Å². The number of fused-ring (bicyclic) bond motifs is 5. The van der Waals surface area contributed by atoms with Crippen LogP contribution in [-0.4, -0.2) is 44.3 Å². The Morgan fingerprint density at radius 1 is 1.15 bits per heavy atom. The molecule has 0 aromatic heterocycles. The van der Waals surface area contributed by atoms with Crippen LogP contribution in [0, 0.1) is 39.9 Å². The zero-order valence-corrected chi connectivity index (χ0v) is 28.0. The molecule has 228 valence electrons. The molecule has 0 heterocycles. The number of rotatable bonds is 8. The van der Waals surface area contributed by atoms with Gasteiger partial charge in [-0.2, -0.15) is 0 Å². The fourth-order valence-corrected chi connectivity index (χ4v) is 10.5. The van der Waals surface area contributed by atoms with Crippen LogP contribution in [-0.2, 0) is 28.3 Å². The van der Waals surface area contributed by atoms with Crippen LogP contribution in [0.5, 0.6) is 0 Å². The number of ketones is 3. The molecule has 0 bridgehead atoms. The maximum absolute atomic E-state index is 14.2. The minimum absolute atomic E-state index is 0.00373. The molecule has 4 rings (SSSR count). The van der Waals surface area contributed by atoms with E-state index in [0.717, 1.165) is 12.8 Å². The van der Waals surface area contributed by atoms with E-state index in [1.165, 1.54) is 12.5 Å². The molecule has 4 aliphatic rings. The van der Waals surface area contributed by atoms with Gasteiger partial charge in [0, 0.05) is 36.7 Å². The molecule has 8 atom stereocenters. The molecule has 41 heavy (non-hydrogen) atoms. The molecular formula is C34H52O6Si. The minimum Gasteiger partial charge on any atom is -0.458 e. The van der Waals surface area contributed by atoms with Crippen molar-refractivity contribution in [2.75, 3.05) is 6.61 Å². The van der Waals surface area contributed by atoms with Crippen LogP contribution in [0.3, 0.4) is 0 Å². The Morgan fingerprint density at radius 3 is 2.39 bits per heavy atom. The van der Waals surface area contributed by atoms with Crippen LogP contribution in [0.15, 0.2) is 23.8 Å². The number of hydrogen-bond acceptors (Lipinski definition) is 6. The average molecular weight is 585 g/mol. The second kappa shape index (κ2) is 10.7. The molecule has 0 amide bonds. The van der Waals surface area contributed by atoms with Gasteiger partial charge in [-0.25, -0.2) is 0 Å². The highest BCUT2D eigenvalue weighted by Crippen LogP contribution is 2.71. The van der Waals surface area contributed by atoms with Crippen molar-refractivity contribution in [3.05, 3.63) is 23.8 Å². The summed E-state index contributed by atoms with van der Waals surface area (Å²) >= 11 is 0. The number of esters is 1. The third kappa shape index (κ3) is 5.17. The van der Waals surface area contributed by atoms with Crippen molar-refractivity contribution in [1.82, 2.24) is 0 Å². The van der Waals surface area contributed by atoms with Gasteiger partial charge in [-0.1, -0.05) is 60.1 Å². The van der Waals surface area contributed by atoms with E-state index in [1.54, 1.807) is 6.08 Å². The van der Waals surface area contributed by atoms with E-state index in [4.69, 9.17) is 9.16 Å². The monoisotopic (exact) mass is 584 g/mol. The third-order valence-corrected chi connectivity index (χ3v) is 16.8. The average Bonchev–Trinajstić information content (AvgIpc) is 3.14. The molecular weight excluding hydrogens is 532 g/mol. The molecule has 0 radical (unpaired) electrons. The fraction of sp³-hybridized carbons (Fsp3) is 0.765. The van der Waals surface area contributed by atoms with Gasteiger partial charge in [-0.3, -0.25) is 19.2 Å². The highest BCUT2D eigenvalue weighted by atomic mass is 28.4. The Hall–Kier alpha value is -1.86. The lowest BCUT2D eigenvalue weighted by atomic mass is 9.43. The summed E-state index contributed by atoms with van der Waals surface area (Å²) in [5, 5.41) is -0.00373. The maximum Gasteiger partial charge on any atom is 0.303 e. The largest absolute Gasteiger partial charge is 0.458 e. The van der Waals surface area contributed by atoms with Gasteiger partial charge < -0.3 is 9.16 Å². The number of hydrogen-bond donors (Lipinski definition) is 0. The molecule has 3 fully saturated rings. The van der Waals surface area contributed by atoms with Crippen molar-refractivity contribution in [3.63, 3.8) is 0 Å². The Kier molecular flexibility index (Phi) is 8.36. The smallest absolute Gasteiger partial charge is 0.303 e. The Labute approximate surface area is 248 Å². The molecule has 0 aromatic carbocycles.